The van der Waals surface area contributed by atoms with Gasteiger partial charge in [0, 0.05) is 59.7 Å². The monoisotopic (exact) mass is 312 g/mol. The molecule has 1 saturated heterocycles. The fourth-order valence-electron chi connectivity index (χ4n) is 3.68. The molecule has 130 valence electrons. The Morgan fingerprint density at radius 1 is 0.864 bits per heavy atom. The van der Waals surface area contributed by atoms with Gasteiger partial charge in [0.15, 0.2) is 0 Å². The third-order valence-corrected chi connectivity index (χ3v) is 5.32. The molecule has 2 fully saturated rings. The van der Waals surface area contributed by atoms with E-state index in [0.29, 0.717) is 0 Å². The van der Waals surface area contributed by atoms with Gasteiger partial charge in [-0.05, 0) is 57.4 Å². The third kappa shape index (κ3) is 6.95. The Hall–Kier alpha value is -0.160. The van der Waals surface area contributed by atoms with Crippen molar-refractivity contribution < 1.29 is 9.47 Å². The van der Waals surface area contributed by atoms with Crippen molar-refractivity contribution in [3.05, 3.63) is 0 Å². The summed E-state index contributed by atoms with van der Waals surface area (Å²) in [5.74, 6) is 1.74. The van der Waals surface area contributed by atoms with E-state index in [4.69, 9.17) is 9.47 Å². The van der Waals surface area contributed by atoms with Gasteiger partial charge in [0.25, 0.3) is 0 Å². The molecule has 0 spiro atoms. The van der Waals surface area contributed by atoms with E-state index < -0.39 is 0 Å². The predicted molar refractivity (Wildman–Crippen MR) is 91.3 cm³/mol. The Bertz CT molecular complexity index is 272. The summed E-state index contributed by atoms with van der Waals surface area (Å²) in [5.41, 5.74) is 0. The minimum atomic E-state index is 0.811. The van der Waals surface area contributed by atoms with Crippen LogP contribution in [0, 0.1) is 11.8 Å². The summed E-state index contributed by atoms with van der Waals surface area (Å²) in [5, 5.41) is 0. The van der Waals surface area contributed by atoms with Crippen LogP contribution < -0.4 is 0 Å². The van der Waals surface area contributed by atoms with Crippen molar-refractivity contribution in [1.82, 2.24) is 9.80 Å². The van der Waals surface area contributed by atoms with Crippen LogP contribution >= 0.6 is 0 Å². The molecule has 0 atom stereocenters. The summed E-state index contributed by atoms with van der Waals surface area (Å²) in [6, 6.07) is 0. The van der Waals surface area contributed by atoms with Crippen molar-refractivity contribution >= 4 is 0 Å². The zero-order chi connectivity index (χ0) is 15.6. The lowest BCUT2D eigenvalue weighted by Gasteiger charge is -2.36. The van der Waals surface area contributed by atoms with E-state index >= 15 is 0 Å². The van der Waals surface area contributed by atoms with Gasteiger partial charge in [-0.25, -0.2) is 0 Å². The van der Waals surface area contributed by atoms with Crippen LogP contribution in [0.1, 0.15) is 38.5 Å². The van der Waals surface area contributed by atoms with Gasteiger partial charge < -0.3 is 19.3 Å². The molecule has 0 unspecified atom stereocenters. The molecular formula is C18H36N2O2. The molecule has 1 aliphatic heterocycles. The molecule has 0 aromatic carbocycles. The van der Waals surface area contributed by atoms with Crippen molar-refractivity contribution in [3.63, 3.8) is 0 Å². The summed E-state index contributed by atoms with van der Waals surface area (Å²) in [4.78, 5) is 5.12. The quantitative estimate of drug-likeness (QED) is 0.611. The lowest BCUT2D eigenvalue weighted by atomic mass is 9.82. The van der Waals surface area contributed by atoms with Crippen LogP contribution in [-0.4, -0.2) is 76.5 Å². The minimum Gasteiger partial charge on any atom is -0.385 e. The molecule has 0 N–H and O–H groups in total. The number of unbranched alkanes of at least 4 members (excludes halogenated alkanes) is 1. The van der Waals surface area contributed by atoms with Gasteiger partial charge in [-0.3, -0.25) is 0 Å². The normalized spacial score (nSPS) is 28.1. The summed E-state index contributed by atoms with van der Waals surface area (Å²) < 4.78 is 10.9. The molecule has 0 aromatic heterocycles. The average molecular weight is 312 g/mol. The van der Waals surface area contributed by atoms with Gasteiger partial charge >= 0.3 is 0 Å². The number of hydrogen-bond donors (Lipinski definition) is 0. The maximum atomic E-state index is 5.85. The molecule has 0 aromatic rings. The minimum absolute atomic E-state index is 0.811. The number of piperazine rings is 1. The second-order valence-corrected chi connectivity index (χ2v) is 7.27. The fraction of sp³-hybridized carbons (Fsp3) is 1.00. The van der Waals surface area contributed by atoms with Crippen LogP contribution in [0.3, 0.4) is 0 Å². The number of likely N-dealkylation sites (N-methyl/N-ethyl adjacent to an activating group) is 1. The summed E-state index contributed by atoms with van der Waals surface area (Å²) in [6.07, 6.45) is 7.81. The average Bonchev–Trinajstić information content (AvgIpc) is 2.54. The zero-order valence-electron chi connectivity index (χ0n) is 14.8. The van der Waals surface area contributed by atoms with E-state index in [1.807, 2.05) is 0 Å². The van der Waals surface area contributed by atoms with E-state index in [9.17, 15) is 0 Å². The van der Waals surface area contributed by atoms with Gasteiger partial charge in [-0.2, -0.15) is 0 Å². The molecule has 22 heavy (non-hydrogen) atoms. The smallest absolute Gasteiger partial charge is 0.0494 e. The fourth-order valence-corrected chi connectivity index (χ4v) is 3.68. The highest BCUT2D eigenvalue weighted by atomic mass is 16.5. The first-order valence-electron chi connectivity index (χ1n) is 9.25. The van der Waals surface area contributed by atoms with Crippen LogP contribution in [0.5, 0.6) is 0 Å². The van der Waals surface area contributed by atoms with Crippen LogP contribution in [-0.2, 0) is 9.47 Å². The molecular weight excluding hydrogens is 276 g/mol. The van der Waals surface area contributed by atoms with Crippen molar-refractivity contribution in [2.24, 2.45) is 11.8 Å². The zero-order valence-corrected chi connectivity index (χ0v) is 14.8. The first kappa shape index (κ1) is 18.2. The highest BCUT2D eigenvalue weighted by molar-refractivity contribution is 4.77. The van der Waals surface area contributed by atoms with E-state index in [1.165, 1.54) is 58.4 Å². The molecule has 1 heterocycles. The van der Waals surface area contributed by atoms with Crippen molar-refractivity contribution in [2.75, 3.05) is 66.7 Å². The maximum absolute atomic E-state index is 5.85. The Morgan fingerprint density at radius 3 is 2.18 bits per heavy atom. The number of nitrogens with zero attached hydrogens (tertiary/aromatic N) is 2. The summed E-state index contributed by atoms with van der Waals surface area (Å²) >= 11 is 0. The second-order valence-electron chi connectivity index (χ2n) is 7.27. The van der Waals surface area contributed by atoms with Crippen LogP contribution in [0.15, 0.2) is 0 Å². The Labute approximate surface area is 137 Å². The van der Waals surface area contributed by atoms with Gasteiger partial charge in [-0.15, -0.1) is 0 Å². The number of rotatable bonds is 9. The van der Waals surface area contributed by atoms with Gasteiger partial charge in [-0.1, -0.05) is 0 Å². The third-order valence-electron chi connectivity index (χ3n) is 5.32. The number of hydrogen-bond acceptors (Lipinski definition) is 4. The van der Waals surface area contributed by atoms with Gasteiger partial charge in [0.05, 0.1) is 0 Å². The molecule has 0 bridgehead atoms. The summed E-state index contributed by atoms with van der Waals surface area (Å²) in [6.45, 7) is 9.10. The van der Waals surface area contributed by atoms with E-state index in [1.54, 1.807) is 7.11 Å². The highest BCUT2D eigenvalue weighted by Gasteiger charge is 2.24. The lowest BCUT2D eigenvalue weighted by molar-refractivity contribution is 0.0631. The van der Waals surface area contributed by atoms with E-state index in [0.717, 1.165) is 44.5 Å². The summed E-state index contributed by atoms with van der Waals surface area (Å²) in [7, 11) is 4.00. The van der Waals surface area contributed by atoms with E-state index in [-0.39, 0.29) is 0 Å². The van der Waals surface area contributed by atoms with Crippen molar-refractivity contribution in [3.8, 4) is 0 Å². The van der Waals surface area contributed by atoms with Crippen molar-refractivity contribution in [1.29, 1.82) is 0 Å². The first-order valence-corrected chi connectivity index (χ1v) is 9.25. The number of ether oxygens (including phenoxy) is 2. The molecule has 1 aliphatic carbocycles. The Balaban J connectivity index is 1.49. The Morgan fingerprint density at radius 2 is 1.50 bits per heavy atom. The SMILES string of the molecule is COCCCCOCC1CCC(CN2CCN(C)CC2)CC1. The molecule has 2 rings (SSSR count). The molecule has 4 nitrogen and oxygen atoms in total. The van der Waals surface area contributed by atoms with E-state index in [2.05, 4.69) is 16.8 Å². The van der Waals surface area contributed by atoms with Crippen LogP contribution in [0.4, 0.5) is 0 Å². The van der Waals surface area contributed by atoms with Gasteiger partial charge in [0.2, 0.25) is 0 Å². The number of methoxy groups -OCH3 is 1. The molecule has 2 aliphatic rings. The Kier molecular flexibility index (Phi) is 8.75. The van der Waals surface area contributed by atoms with Crippen molar-refractivity contribution in [2.45, 2.75) is 38.5 Å². The molecule has 0 radical (unpaired) electrons. The second kappa shape index (κ2) is 10.6. The van der Waals surface area contributed by atoms with Crippen LogP contribution in [0.2, 0.25) is 0 Å². The predicted octanol–water partition coefficient (Wildman–Crippen LogP) is 2.48. The maximum Gasteiger partial charge on any atom is 0.0494 e. The standard InChI is InChI=1S/C18H36N2O2/c1-19-9-11-20(12-10-19)15-17-5-7-18(8-6-17)16-22-14-4-3-13-21-2/h17-18H,3-16H2,1-2H3. The lowest BCUT2D eigenvalue weighted by Crippen LogP contribution is -2.46. The molecule has 4 heteroatoms. The molecule has 1 saturated carbocycles. The highest BCUT2D eigenvalue weighted by Crippen LogP contribution is 2.29. The topological polar surface area (TPSA) is 24.9 Å². The van der Waals surface area contributed by atoms with Crippen LogP contribution in [0.25, 0.3) is 0 Å². The van der Waals surface area contributed by atoms with Gasteiger partial charge in [0.1, 0.15) is 0 Å². The molecule has 0 amide bonds. The largest absolute Gasteiger partial charge is 0.385 e. The first-order chi connectivity index (χ1) is 10.8.